The Kier molecular flexibility index (Phi) is 4.59. The molecule has 1 N–H and O–H groups in total. The van der Waals surface area contributed by atoms with Gasteiger partial charge in [-0.05, 0) is 6.42 Å². The highest BCUT2D eigenvalue weighted by Gasteiger charge is 2.29. The summed E-state index contributed by atoms with van der Waals surface area (Å²) in [6.45, 7) is 1.81. The minimum Gasteiger partial charge on any atom is -0.481 e. The van der Waals surface area contributed by atoms with E-state index >= 15 is 0 Å². The lowest BCUT2D eigenvalue weighted by atomic mass is 9.98. The molecule has 18 heavy (non-hydrogen) atoms. The van der Waals surface area contributed by atoms with E-state index in [0.29, 0.717) is 6.42 Å². The van der Waals surface area contributed by atoms with Crippen molar-refractivity contribution in [2.45, 2.75) is 25.7 Å². The Morgan fingerprint density at radius 3 is 2.72 bits per heavy atom. The number of hydrogen-bond acceptors (Lipinski definition) is 5. The van der Waals surface area contributed by atoms with Crippen LogP contribution in [0.25, 0.3) is 0 Å². The van der Waals surface area contributed by atoms with Crippen molar-refractivity contribution in [1.82, 2.24) is 4.98 Å². The molecule has 0 radical (unpaired) electrons. The fourth-order valence-corrected chi connectivity index (χ4v) is 1.64. The zero-order chi connectivity index (χ0) is 13.7. The van der Waals surface area contributed by atoms with E-state index in [1.54, 1.807) is 0 Å². The Labute approximate surface area is 104 Å². The number of aromatic nitrogens is 1. The van der Waals surface area contributed by atoms with Gasteiger partial charge in [0.2, 0.25) is 5.88 Å². The molecule has 0 spiro atoms. The van der Waals surface area contributed by atoms with Crippen LogP contribution >= 0.6 is 0 Å². The zero-order valence-electron chi connectivity index (χ0n) is 10.1. The van der Waals surface area contributed by atoms with Crippen molar-refractivity contribution in [2.75, 3.05) is 7.11 Å². The number of carboxylic acid groups (broad SMARTS) is 1. The number of aliphatic carboxylic acids is 1. The number of carboxylic acids is 1. The van der Waals surface area contributed by atoms with Gasteiger partial charge in [0.1, 0.15) is 11.6 Å². The van der Waals surface area contributed by atoms with Crippen LogP contribution in [0.5, 0.6) is 5.88 Å². The second-order valence-corrected chi connectivity index (χ2v) is 3.69. The summed E-state index contributed by atoms with van der Waals surface area (Å²) in [4.78, 5) is 25.3. The molecule has 1 aromatic rings. The number of hydrogen-bond donors (Lipinski definition) is 1. The topological polar surface area (TPSA) is 103 Å². The van der Waals surface area contributed by atoms with E-state index in [9.17, 15) is 14.9 Å². The van der Waals surface area contributed by atoms with Crippen molar-refractivity contribution in [3.8, 4) is 5.88 Å². The van der Waals surface area contributed by atoms with Crippen molar-refractivity contribution in [3.05, 3.63) is 27.9 Å². The van der Waals surface area contributed by atoms with Gasteiger partial charge in [0.25, 0.3) is 5.69 Å². The van der Waals surface area contributed by atoms with Crippen LogP contribution < -0.4 is 4.74 Å². The summed E-state index contributed by atoms with van der Waals surface area (Å²) in [6, 6.07) is 2.55. The van der Waals surface area contributed by atoms with Crippen LogP contribution in [0.4, 0.5) is 5.69 Å². The standard InChI is InChI=1S/C11H14N2O5/c1-3-4-7(11(14)15)10-8(13(16)17)5-6-9(12-10)18-2/h5-7H,3-4H2,1-2H3,(H,14,15). The fourth-order valence-electron chi connectivity index (χ4n) is 1.64. The maximum Gasteiger partial charge on any atom is 0.312 e. The number of pyridine rings is 1. The smallest absolute Gasteiger partial charge is 0.312 e. The van der Waals surface area contributed by atoms with Gasteiger partial charge in [-0.3, -0.25) is 14.9 Å². The van der Waals surface area contributed by atoms with Crippen molar-refractivity contribution in [1.29, 1.82) is 0 Å². The molecule has 0 amide bonds. The maximum absolute atomic E-state index is 11.2. The summed E-state index contributed by atoms with van der Waals surface area (Å²) in [6.07, 6.45) is 0.878. The van der Waals surface area contributed by atoms with Crippen molar-refractivity contribution in [3.63, 3.8) is 0 Å². The van der Waals surface area contributed by atoms with E-state index in [-0.39, 0.29) is 23.7 Å². The molecule has 0 aliphatic rings. The summed E-state index contributed by atoms with van der Waals surface area (Å²) in [5.41, 5.74) is -0.356. The molecule has 1 aromatic heterocycles. The monoisotopic (exact) mass is 254 g/mol. The molecular formula is C11H14N2O5. The van der Waals surface area contributed by atoms with Crippen LogP contribution in [0, 0.1) is 10.1 Å². The molecule has 7 nitrogen and oxygen atoms in total. The fraction of sp³-hybridized carbons (Fsp3) is 0.455. The number of methoxy groups -OCH3 is 1. The molecule has 1 rings (SSSR count). The number of ether oxygens (including phenoxy) is 1. The van der Waals surface area contributed by atoms with Crippen LogP contribution in [-0.2, 0) is 4.79 Å². The first-order chi connectivity index (χ1) is 8.51. The molecule has 0 aliphatic carbocycles. The Balaban J connectivity index is 3.31. The summed E-state index contributed by atoms with van der Waals surface area (Å²) in [7, 11) is 1.37. The van der Waals surface area contributed by atoms with Gasteiger partial charge < -0.3 is 9.84 Å². The molecule has 1 heterocycles. The average Bonchev–Trinajstić information content (AvgIpc) is 2.34. The number of carbonyl (C=O) groups is 1. The number of nitro groups is 1. The molecule has 0 aromatic carbocycles. The molecule has 0 bridgehead atoms. The van der Waals surface area contributed by atoms with Gasteiger partial charge in [0, 0.05) is 12.1 Å². The van der Waals surface area contributed by atoms with Gasteiger partial charge in [-0.2, -0.15) is 0 Å². The van der Waals surface area contributed by atoms with Gasteiger partial charge in [-0.15, -0.1) is 0 Å². The molecule has 0 saturated heterocycles. The molecule has 0 fully saturated rings. The van der Waals surface area contributed by atoms with E-state index in [1.807, 2.05) is 6.92 Å². The van der Waals surface area contributed by atoms with Crippen LogP contribution in [0.3, 0.4) is 0 Å². The van der Waals surface area contributed by atoms with E-state index in [0.717, 1.165) is 0 Å². The number of nitrogens with zero attached hydrogens (tertiary/aromatic N) is 2. The highest BCUT2D eigenvalue weighted by Crippen LogP contribution is 2.30. The molecule has 0 aliphatic heterocycles. The molecule has 7 heteroatoms. The molecule has 0 saturated carbocycles. The minimum atomic E-state index is -1.12. The lowest BCUT2D eigenvalue weighted by Crippen LogP contribution is -2.15. The molecule has 1 unspecified atom stereocenters. The SMILES string of the molecule is CCCC(C(=O)O)c1nc(OC)ccc1[N+](=O)[O-]. The Morgan fingerprint density at radius 1 is 1.61 bits per heavy atom. The third-order valence-electron chi connectivity index (χ3n) is 2.49. The van der Waals surface area contributed by atoms with Crippen molar-refractivity contribution in [2.24, 2.45) is 0 Å². The molecule has 98 valence electrons. The predicted molar refractivity (Wildman–Crippen MR) is 62.7 cm³/mol. The van der Waals surface area contributed by atoms with E-state index in [4.69, 9.17) is 9.84 Å². The van der Waals surface area contributed by atoms with Gasteiger partial charge >= 0.3 is 5.97 Å². The Hall–Kier alpha value is -2.18. The third kappa shape index (κ3) is 2.93. The van der Waals surface area contributed by atoms with Crippen molar-refractivity contribution < 1.29 is 19.6 Å². The maximum atomic E-state index is 11.2. The van der Waals surface area contributed by atoms with Crippen LogP contribution in [0.2, 0.25) is 0 Å². The quantitative estimate of drug-likeness (QED) is 0.615. The summed E-state index contributed by atoms with van der Waals surface area (Å²) in [5, 5.41) is 20.0. The van der Waals surface area contributed by atoms with Crippen LogP contribution in [-0.4, -0.2) is 28.1 Å². The first-order valence-corrected chi connectivity index (χ1v) is 5.43. The summed E-state index contributed by atoms with van der Waals surface area (Å²) < 4.78 is 4.87. The van der Waals surface area contributed by atoms with Crippen LogP contribution in [0.15, 0.2) is 12.1 Å². The highest BCUT2D eigenvalue weighted by molar-refractivity contribution is 5.77. The van der Waals surface area contributed by atoms with Gasteiger partial charge in [0.15, 0.2) is 0 Å². The van der Waals surface area contributed by atoms with E-state index in [1.165, 1.54) is 19.2 Å². The first kappa shape index (κ1) is 13.9. The second kappa shape index (κ2) is 5.95. The van der Waals surface area contributed by atoms with Gasteiger partial charge in [-0.25, -0.2) is 4.98 Å². The van der Waals surface area contributed by atoms with E-state index < -0.39 is 16.8 Å². The molecule has 1 atom stereocenters. The second-order valence-electron chi connectivity index (χ2n) is 3.69. The lowest BCUT2D eigenvalue weighted by molar-refractivity contribution is -0.386. The van der Waals surface area contributed by atoms with Crippen molar-refractivity contribution >= 4 is 11.7 Å². The third-order valence-corrected chi connectivity index (χ3v) is 2.49. The normalized spacial score (nSPS) is 11.9. The van der Waals surface area contributed by atoms with Crippen LogP contribution in [0.1, 0.15) is 31.4 Å². The minimum absolute atomic E-state index is 0.0614. The predicted octanol–water partition coefficient (Wildman–Crippen LogP) is 1.97. The zero-order valence-corrected chi connectivity index (χ0v) is 10.1. The Morgan fingerprint density at radius 2 is 2.28 bits per heavy atom. The number of rotatable bonds is 6. The lowest BCUT2D eigenvalue weighted by Gasteiger charge is -2.11. The first-order valence-electron chi connectivity index (χ1n) is 5.43. The summed E-state index contributed by atoms with van der Waals surface area (Å²) in [5.74, 6) is -1.95. The Bertz CT molecular complexity index is 461. The van der Waals surface area contributed by atoms with Gasteiger partial charge in [0.05, 0.1) is 12.0 Å². The van der Waals surface area contributed by atoms with Gasteiger partial charge in [-0.1, -0.05) is 13.3 Å². The highest BCUT2D eigenvalue weighted by atomic mass is 16.6. The van der Waals surface area contributed by atoms with E-state index in [2.05, 4.69) is 4.98 Å². The largest absolute Gasteiger partial charge is 0.481 e. The molecular weight excluding hydrogens is 240 g/mol. The average molecular weight is 254 g/mol. The summed E-state index contributed by atoms with van der Waals surface area (Å²) >= 11 is 0.